The summed E-state index contributed by atoms with van der Waals surface area (Å²) in [7, 11) is -3.44. The molecule has 2 aromatic carbocycles. The van der Waals surface area contributed by atoms with Crippen molar-refractivity contribution in [3.63, 3.8) is 0 Å². The second-order valence-corrected chi connectivity index (χ2v) is 9.19. The molecule has 0 radical (unpaired) electrons. The first-order valence-electron chi connectivity index (χ1n) is 9.84. The van der Waals surface area contributed by atoms with E-state index in [4.69, 9.17) is 5.11 Å². The number of rotatable bonds is 4. The van der Waals surface area contributed by atoms with Gasteiger partial charge in [0.05, 0.1) is 16.8 Å². The third-order valence-electron chi connectivity index (χ3n) is 4.84. The number of anilines is 1. The lowest BCUT2D eigenvalue weighted by atomic mass is 10.1. The number of hydrogen-bond donors (Lipinski definition) is 3. The predicted octanol–water partition coefficient (Wildman–Crippen LogP) is 3.28. The van der Waals surface area contributed by atoms with E-state index in [1.165, 1.54) is 41.2 Å². The Bertz CT molecular complexity index is 1360. The van der Waals surface area contributed by atoms with E-state index in [9.17, 15) is 23.1 Å². The SMILES string of the molecule is CC(C)CCn1c(=O)cc(O)c2ccc(C(=O)O)cc21.O=S1(=O)N=CNc2ccccc21. The molecular weight excluding hydrogens is 434 g/mol. The van der Waals surface area contributed by atoms with Gasteiger partial charge in [-0.3, -0.25) is 4.79 Å². The number of aryl methyl sites for hydroxylation is 1. The number of hydrogen-bond acceptors (Lipinski definition) is 6. The topological polar surface area (TPSA) is 138 Å². The zero-order chi connectivity index (χ0) is 23.5. The van der Waals surface area contributed by atoms with Gasteiger partial charge in [0.2, 0.25) is 0 Å². The third-order valence-corrected chi connectivity index (χ3v) is 6.14. The number of pyridine rings is 1. The monoisotopic (exact) mass is 457 g/mol. The third kappa shape index (κ3) is 4.97. The molecule has 1 aliphatic rings. The Kier molecular flexibility index (Phi) is 6.64. The average molecular weight is 458 g/mol. The van der Waals surface area contributed by atoms with E-state index in [1.807, 2.05) is 0 Å². The molecule has 4 rings (SSSR count). The van der Waals surface area contributed by atoms with Gasteiger partial charge in [-0.25, -0.2) is 4.79 Å². The highest BCUT2D eigenvalue weighted by atomic mass is 32.2. The molecule has 0 amide bonds. The number of carboxylic acid groups (broad SMARTS) is 1. The van der Waals surface area contributed by atoms with Gasteiger partial charge >= 0.3 is 5.97 Å². The van der Waals surface area contributed by atoms with Gasteiger partial charge in [0.1, 0.15) is 17.0 Å². The number of aromatic carboxylic acids is 1. The van der Waals surface area contributed by atoms with Crippen LogP contribution in [0.15, 0.2) is 62.6 Å². The molecule has 3 aromatic rings. The Morgan fingerprint density at radius 1 is 1.16 bits per heavy atom. The van der Waals surface area contributed by atoms with Gasteiger partial charge in [-0.05, 0) is 42.7 Å². The molecule has 0 saturated heterocycles. The Hall–Kier alpha value is -3.66. The molecule has 1 aliphatic heterocycles. The fourth-order valence-electron chi connectivity index (χ4n) is 3.15. The van der Waals surface area contributed by atoms with Crippen molar-refractivity contribution in [2.24, 2.45) is 10.3 Å². The van der Waals surface area contributed by atoms with Crippen LogP contribution in [0.5, 0.6) is 5.75 Å². The molecule has 3 N–H and O–H groups in total. The highest BCUT2D eigenvalue weighted by Crippen LogP contribution is 2.25. The smallest absolute Gasteiger partial charge is 0.335 e. The van der Waals surface area contributed by atoms with E-state index < -0.39 is 16.0 Å². The fraction of sp³-hybridized carbons (Fsp3) is 0.227. The van der Waals surface area contributed by atoms with Crippen molar-refractivity contribution in [1.29, 1.82) is 0 Å². The molecule has 0 unspecified atom stereocenters. The molecule has 1 aromatic heterocycles. The van der Waals surface area contributed by atoms with Crippen LogP contribution >= 0.6 is 0 Å². The zero-order valence-corrected chi connectivity index (χ0v) is 18.3. The summed E-state index contributed by atoms with van der Waals surface area (Å²) >= 11 is 0. The molecule has 32 heavy (non-hydrogen) atoms. The van der Waals surface area contributed by atoms with Crippen molar-refractivity contribution < 1.29 is 23.4 Å². The number of nitrogens with zero attached hydrogens (tertiary/aromatic N) is 2. The van der Waals surface area contributed by atoms with Crippen LogP contribution < -0.4 is 10.9 Å². The molecule has 0 aliphatic carbocycles. The second kappa shape index (κ2) is 9.23. The number of para-hydroxylation sites is 1. The van der Waals surface area contributed by atoms with Crippen molar-refractivity contribution in [3.8, 4) is 5.75 Å². The molecular formula is C22H23N3O6S. The summed E-state index contributed by atoms with van der Waals surface area (Å²) in [5, 5.41) is 22.1. The number of fused-ring (bicyclic) bond motifs is 2. The van der Waals surface area contributed by atoms with Crippen LogP contribution in [0.3, 0.4) is 0 Å². The second-order valence-electron chi connectivity index (χ2n) is 7.59. The predicted molar refractivity (Wildman–Crippen MR) is 122 cm³/mol. The molecule has 10 heteroatoms. The Morgan fingerprint density at radius 2 is 1.88 bits per heavy atom. The maximum atomic E-state index is 12.0. The number of sulfonamides is 1. The van der Waals surface area contributed by atoms with Gasteiger partial charge < -0.3 is 20.1 Å². The van der Waals surface area contributed by atoms with Crippen molar-refractivity contribution >= 4 is 38.9 Å². The zero-order valence-electron chi connectivity index (χ0n) is 17.5. The Balaban J connectivity index is 0.000000204. The van der Waals surface area contributed by atoms with Crippen LogP contribution in [-0.4, -0.2) is 35.5 Å². The van der Waals surface area contributed by atoms with Crippen molar-refractivity contribution in [1.82, 2.24) is 4.57 Å². The number of aromatic hydroxyl groups is 1. The van der Waals surface area contributed by atoms with E-state index in [0.29, 0.717) is 29.1 Å². The summed E-state index contributed by atoms with van der Waals surface area (Å²) < 4.78 is 27.3. The lowest BCUT2D eigenvalue weighted by Crippen LogP contribution is -2.20. The first-order valence-corrected chi connectivity index (χ1v) is 11.3. The van der Waals surface area contributed by atoms with Crippen molar-refractivity contribution in [3.05, 3.63) is 64.4 Å². The maximum absolute atomic E-state index is 12.0. The minimum absolute atomic E-state index is 0.0980. The molecule has 0 spiro atoms. The molecule has 0 fully saturated rings. The summed E-state index contributed by atoms with van der Waals surface area (Å²) in [5.41, 5.74) is 0.807. The van der Waals surface area contributed by atoms with Crippen LogP contribution in [0, 0.1) is 5.92 Å². The first kappa shape index (κ1) is 23.0. The van der Waals surface area contributed by atoms with Crippen LogP contribution in [0.2, 0.25) is 0 Å². The van der Waals surface area contributed by atoms with Gasteiger partial charge in [0.15, 0.2) is 0 Å². The van der Waals surface area contributed by atoms with E-state index in [1.54, 1.807) is 18.2 Å². The van der Waals surface area contributed by atoms with E-state index >= 15 is 0 Å². The normalized spacial score (nSPS) is 13.7. The number of carbonyl (C=O) groups is 1. The molecule has 168 valence electrons. The van der Waals surface area contributed by atoms with Gasteiger partial charge in [-0.1, -0.05) is 26.0 Å². The highest BCUT2D eigenvalue weighted by Gasteiger charge is 2.19. The largest absolute Gasteiger partial charge is 0.507 e. The van der Waals surface area contributed by atoms with Gasteiger partial charge in [-0.15, -0.1) is 4.40 Å². The van der Waals surface area contributed by atoms with Crippen LogP contribution in [-0.2, 0) is 16.6 Å². The quantitative estimate of drug-likeness (QED) is 0.546. The number of nitrogens with one attached hydrogen (secondary N) is 1. The Labute approximate surface area is 184 Å². The van der Waals surface area contributed by atoms with E-state index in [-0.39, 0.29) is 21.8 Å². The van der Waals surface area contributed by atoms with E-state index in [2.05, 4.69) is 23.6 Å². The molecule has 0 atom stereocenters. The fourth-order valence-corrected chi connectivity index (χ4v) is 4.11. The number of benzene rings is 2. The lowest BCUT2D eigenvalue weighted by molar-refractivity contribution is 0.0697. The summed E-state index contributed by atoms with van der Waals surface area (Å²) in [6.07, 6.45) is 1.98. The standard InChI is InChI=1S/C15H17NO4.C7H6N2O2S/c1-9(2)5-6-16-12-7-10(15(19)20)3-4-11(12)13(17)8-14(16)18;10-12(11)7-4-2-1-3-6(7)8-5-9-12/h3-4,7-9,17H,5-6H2,1-2H3,(H,19,20);1-5H,(H,8,9). The first-order chi connectivity index (χ1) is 15.1. The van der Waals surface area contributed by atoms with Crippen LogP contribution in [0.4, 0.5) is 5.69 Å². The number of aromatic nitrogens is 1. The van der Waals surface area contributed by atoms with Gasteiger partial charge in [0, 0.05) is 18.0 Å². The summed E-state index contributed by atoms with van der Waals surface area (Å²) in [4.78, 5) is 23.3. The van der Waals surface area contributed by atoms with Crippen molar-refractivity contribution in [2.45, 2.75) is 31.7 Å². The van der Waals surface area contributed by atoms with E-state index in [0.717, 1.165) is 6.42 Å². The minimum Gasteiger partial charge on any atom is -0.507 e. The number of carboxylic acids is 1. The lowest BCUT2D eigenvalue weighted by Gasteiger charge is -2.13. The van der Waals surface area contributed by atoms with Crippen LogP contribution in [0.25, 0.3) is 10.9 Å². The molecule has 2 heterocycles. The average Bonchev–Trinajstić information content (AvgIpc) is 2.73. The Morgan fingerprint density at radius 3 is 2.53 bits per heavy atom. The summed E-state index contributed by atoms with van der Waals surface area (Å²) in [5.74, 6) is -0.755. The highest BCUT2D eigenvalue weighted by molar-refractivity contribution is 7.90. The molecule has 0 saturated carbocycles. The van der Waals surface area contributed by atoms with Crippen molar-refractivity contribution in [2.75, 3.05) is 5.32 Å². The molecule has 0 bridgehead atoms. The van der Waals surface area contributed by atoms with Gasteiger partial charge in [-0.2, -0.15) is 8.42 Å². The van der Waals surface area contributed by atoms with Gasteiger partial charge in [0.25, 0.3) is 15.6 Å². The minimum atomic E-state index is -3.44. The maximum Gasteiger partial charge on any atom is 0.335 e. The van der Waals surface area contributed by atoms with Crippen LogP contribution in [0.1, 0.15) is 30.6 Å². The summed E-state index contributed by atoms with van der Waals surface area (Å²) in [6.45, 7) is 4.60. The molecule has 9 nitrogen and oxygen atoms in total. The summed E-state index contributed by atoms with van der Waals surface area (Å²) in [6, 6.07) is 12.2.